The number of nitrogens with zero attached hydrogens (tertiary/aromatic N) is 1. The summed E-state index contributed by atoms with van der Waals surface area (Å²) in [4.78, 5) is 13.1. The maximum atomic E-state index is 13.1. The summed E-state index contributed by atoms with van der Waals surface area (Å²) in [6, 6.07) is 0. The summed E-state index contributed by atoms with van der Waals surface area (Å²) in [5.41, 5.74) is -0.0334. The number of rotatable bonds is 31. The van der Waals surface area contributed by atoms with Crippen LogP contribution in [0.2, 0.25) is 0 Å². The van der Waals surface area contributed by atoms with E-state index in [0.29, 0.717) is 27.9 Å². The van der Waals surface area contributed by atoms with Gasteiger partial charge in [0.2, 0.25) is 0 Å². The normalized spacial score (nSPS) is 13.5. The van der Waals surface area contributed by atoms with E-state index in [1.807, 2.05) is 0 Å². The lowest BCUT2D eigenvalue weighted by molar-refractivity contribution is -0.870. The van der Waals surface area contributed by atoms with Gasteiger partial charge >= 0.3 is 0 Å². The Hall–Kier alpha value is -0.800. The van der Waals surface area contributed by atoms with Crippen LogP contribution in [0.15, 0.2) is 24.3 Å². The zero-order valence-electron chi connectivity index (χ0n) is 28.7. The van der Waals surface area contributed by atoms with Crippen molar-refractivity contribution >= 4 is 19.7 Å². The highest BCUT2D eigenvalue weighted by Gasteiger charge is 2.17. The molecule has 0 aromatic heterocycles. The molecule has 0 rings (SSSR count). The van der Waals surface area contributed by atoms with E-state index in [0.717, 1.165) is 43.1 Å². The minimum absolute atomic E-state index is 0.0334. The fourth-order valence-electron chi connectivity index (χ4n) is 4.98. The molecule has 0 heterocycles. The number of ketones is 1. The second-order valence-corrected chi connectivity index (χ2v) is 14.1. The third kappa shape index (κ3) is 29.3. The standard InChI is InChI=1S/C37H70NO3P/c1-6-8-10-12-14-16-18-19-20-22-23-25-27-29-31-35(37(40)42-41-34-33-38(3,4)5)36(39)32-30-28-26-24-21-17-15-13-11-9-7-2/h13,15,19-20,35H,6-12,14,16-18,21-34H2,1-5H3. The van der Waals surface area contributed by atoms with Gasteiger partial charge in [0, 0.05) is 20.8 Å². The number of hydrogen-bond acceptors (Lipinski definition) is 3. The number of Topliss-reactive ketones (excluding diaryl/α,β-unsaturated/α-hetero) is 1. The zero-order chi connectivity index (χ0) is 31.2. The Morgan fingerprint density at radius 2 is 1.12 bits per heavy atom. The number of allylic oxidation sites excluding steroid dienone is 4. The second kappa shape index (κ2) is 30.2. The van der Waals surface area contributed by atoms with E-state index >= 15 is 0 Å². The molecule has 1 atom stereocenters. The van der Waals surface area contributed by atoms with Crippen LogP contribution in [0.25, 0.3) is 0 Å². The van der Waals surface area contributed by atoms with E-state index in [1.54, 1.807) is 0 Å². The Balaban J connectivity index is 4.34. The smallest absolute Gasteiger partial charge is 0.139 e. The van der Waals surface area contributed by atoms with Gasteiger partial charge < -0.3 is 14.1 Å². The van der Waals surface area contributed by atoms with Gasteiger partial charge in [-0.2, -0.15) is 0 Å². The van der Waals surface area contributed by atoms with Crippen LogP contribution in [-0.4, -0.2) is 50.0 Å². The third-order valence-electron chi connectivity index (χ3n) is 7.88. The van der Waals surface area contributed by atoms with Crippen LogP contribution in [-0.2, 0) is 9.32 Å². The van der Waals surface area contributed by atoms with Crippen LogP contribution in [0.4, 0.5) is 0 Å². The van der Waals surface area contributed by atoms with Crippen LogP contribution in [0.3, 0.4) is 0 Å². The molecule has 0 aliphatic heterocycles. The van der Waals surface area contributed by atoms with Crippen molar-refractivity contribution in [1.29, 1.82) is 0 Å². The quantitative estimate of drug-likeness (QED) is 0.0341. The average molecular weight is 608 g/mol. The Bertz CT molecular complexity index is 696. The Labute approximate surface area is 264 Å². The van der Waals surface area contributed by atoms with Crippen LogP contribution in [0.1, 0.15) is 162 Å². The van der Waals surface area contributed by atoms with Gasteiger partial charge in [0.05, 0.1) is 21.1 Å². The van der Waals surface area contributed by atoms with E-state index in [4.69, 9.17) is 4.52 Å². The molecular weight excluding hydrogens is 537 g/mol. The number of carbonyl (C=O) groups excluding carboxylic acids is 1. The van der Waals surface area contributed by atoms with E-state index in [2.05, 4.69) is 59.3 Å². The largest absolute Gasteiger partial charge is 0.825 e. The Kier molecular flexibility index (Phi) is 29.7. The molecule has 0 aliphatic rings. The van der Waals surface area contributed by atoms with Crippen molar-refractivity contribution in [1.82, 2.24) is 0 Å². The number of carbonyl (C=O) groups is 1. The van der Waals surface area contributed by atoms with Crippen LogP contribution in [0, 0.1) is 5.92 Å². The summed E-state index contributed by atoms with van der Waals surface area (Å²) in [5.74, 6) is -0.347. The lowest BCUT2D eigenvalue weighted by Gasteiger charge is -2.25. The van der Waals surface area contributed by atoms with Gasteiger partial charge in [-0.15, -0.1) is 5.48 Å². The number of hydrogen-bond donors (Lipinski definition) is 0. The molecule has 0 saturated carbocycles. The molecule has 4 nitrogen and oxygen atoms in total. The molecule has 0 saturated heterocycles. The monoisotopic (exact) mass is 608 g/mol. The van der Waals surface area contributed by atoms with Crippen LogP contribution < -0.4 is 5.11 Å². The van der Waals surface area contributed by atoms with E-state index in [1.165, 1.54) is 103 Å². The summed E-state index contributed by atoms with van der Waals surface area (Å²) < 4.78 is 6.48. The summed E-state index contributed by atoms with van der Waals surface area (Å²) in [6.45, 7) is 5.89. The highest BCUT2D eigenvalue weighted by molar-refractivity contribution is 7.34. The molecule has 0 N–H and O–H groups in total. The first-order valence-corrected chi connectivity index (χ1v) is 18.6. The maximum Gasteiger partial charge on any atom is 0.139 e. The maximum absolute atomic E-state index is 13.1. The Morgan fingerprint density at radius 1 is 0.667 bits per heavy atom. The van der Waals surface area contributed by atoms with Gasteiger partial charge in [-0.1, -0.05) is 122 Å². The second-order valence-electron chi connectivity index (χ2n) is 13.2. The number of unbranched alkanes of at least 4 members (excludes halogenated alkanes) is 17. The molecule has 0 aliphatic carbocycles. The average Bonchev–Trinajstić information content (AvgIpc) is 2.95. The minimum Gasteiger partial charge on any atom is -0.825 e. The van der Waals surface area contributed by atoms with Crippen LogP contribution in [0.5, 0.6) is 0 Å². The molecule has 5 heteroatoms. The molecule has 246 valence electrons. The Morgan fingerprint density at radius 3 is 1.64 bits per heavy atom. The molecule has 0 fully saturated rings. The van der Waals surface area contributed by atoms with Gasteiger partial charge in [-0.05, 0) is 57.8 Å². The highest BCUT2D eigenvalue weighted by Crippen LogP contribution is 2.20. The summed E-state index contributed by atoms with van der Waals surface area (Å²) in [5, 5.41) is 13.0. The lowest BCUT2D eigenvalue weighted by atomic mass is 9.93. The zero-order valence-corrected chi connectivity index (χ0v) is 29.6. The predicted octanol–water partition coefficient (Wildman–Crippen LogP) is 10.4. The van der Waals surface area contributed by atoms with Crippen LogP contribution >= 0.6 is 8.43 Å². The highest BCUT2D eigenvalue weighted by atomic mass is 31.1. The third-order valence-corrected chi connectivity index (χ3v) is 8.69. The molecule has 0 bridgehead atoms. The summed E-state index contributed by atoms with van der Waals surface area (Å²) in [7, 11) is 6.70. The molecule has 0 aromatic rings. The van der Waals surface area contributed by atoms with Gasteiger partial charge in [-0.3, -0.25) is 4.79 Å². The van der Waals surface area contributed by atoms with Gasteiger partial charge in [0.25, 0.3) is 0 Å². The van der Waals surface area contributed by atoms with Crippen molar-refractivity contribution in [2.75, 3.05) is 34.3 Å². The van der Waals surface area contributed by atoms with Gasteiger partial charge in [0.15, 0.2) is 0 Å². The van der Waals surface area contributed by atoms with Crippen molar-refractivity contribution in [2.45, 2.75) is 162 Å². The predicted molar refractivity (Wildman–Crippen MR) is 185 cm³/mol. The molecule has 0 aromatic carbocycles. The first kappa shape index (κ1) is 41.2. The van der Waals surface area contributed by atoms with Gasteiger partial charge in [-0.25, -0.2) is 0 Å². The van der Waals surface area contributed by atoms with Gasteiger partial charge in [0.1, 0.15) is 18.9 Å². The molecular formula is C37H70NO3P. The minimum atomic E-state index is -0.485. The van der Waals surface area contributed by atoms with E-state index < -0.39 is 5.92 Å². The van der Waals surface area contributed by atoms with E-state index in [-0.39, 0.29) is 11.3 Å². The fourth-order valence-corrected chi connectivity index (χ4v) is 5.68. The first-order valence-electron chi connectivity index (χ1n) is 17.8. The lowest BCUT2D eigenvalue weighted by Crippen LogP contribution is -2.37. The molecule has 0 amide bonds. The molecule has 0 spiro atoms. The number of likely N-dealkylation sites (N-methyl/N-ethyl adjacent to an activating group) is 1. The first-order chi connectivity index (χ1) is 20.3. The topological polar surface area (TPSA) is 49.4 Å². The SMILES string of the molecule is CCCCC=CCCCCCCCC(=O)C(CCCCCCC=CCCCCCCCC)C([O-])=POCC[N+](C)(C)C. The molecule has 1 unspecified atom stereocenters. The summed E-state index contributed by atoms with van der Waals surface area (Å²) in [6.07, 6.45) is 36.0. The van der Waals surface area contributed by atoms with Crippen molar-refractivity contribution in [3.8, 4) is 0 Å². The van der Waals surface area contributed by atoms with Crippen molar-refractivity contribution in [3.63, 3.8) is 0 Å². The summed E-state index contributed by atoms with van der Waals surface area (Å²) >= 11 is 0. The van der Waals surface area contributed by atoms with Crippen molar-refractivity contribution in [2.24, 2.45) is 5.92 Å². The fraction of sp³-hybridized carbons (Fsp3) is 0.838. The van der Waals surface area contributed by atoms with Crippen molar-refractivity contribution in [3.05, 3.63) is 24.3 Å². The molecule has 0 radical (unpaired) electrons. The van der Waals surface area contributed by atoms with E-state index in [9.17, 15) is 9.90 Å². The molecule has 42 heavy (non-hydrogen) atoms. The van der Waals surface area contributed by atoms with Crippen molar-refractivity contribution < 1.29 is 18.9 Å². The number of quaternary nitrogens is 1.